The molecule has 3 aromatic heterocycles. The van der Waals surface area contributed by atoms with Gasteiger partial charge in [-0.3, -0.25) is 4.57 Å². The predicted octanol–water partition coefficient (Wildman–Crippen LogP) is 2.49. The van der Waals surface area contributed by atoms with E-state index >= 15 is 0 Å². The zero-order valence-corrected chi connectivity index (χ0v) is 9.82. The Morgan fingerprint density at radius 2 is 2.12 bits per heavy atom. The summed E-state index contributed by atoms with van der Waals surface area (Å²) in [6.45, 7) is 4.22. The zero-order chi connectivity index (χ0) is 11.1. The Bertz CT molecular complexity index is 639. The van der Waals surface area contributed by atoms with E-state index in [2.05, 4.69) is 28.8 Å². The average molecular weight is 230 g/mol. The lowest BCUT2D eigenvalue weighted by Gasteiger charge is -2.02. The predicted molar refractivity (Wildman–Crippen MR) is 64.0 cm³/mol. The van der Waals surface area contributed by atoms with Crippen molar-refractivity contribution in [1.29, 1.82) is 0 Å². The molecule has 0 spiro atoms. The van der Waals surface area contributed by atoms with E-state index in [0.717, 1.165) is 16.0 Å². The normalized spacial score (nSPS) is 11.1. The highest BCUT2D eigenvalue weighted by Crippen LogP contribution is 2.31. The average Bonchev–Trinajstić information content (AvgIpc) is 2.88. The van der Waals surface area contributed by atoms with Gasteiger partial charge in [0.2, 0.25) is 0 Å². The van der Waals surface area contributed by atoms with E-state index in [1.807, 2.05) is 10.8 Å². The molecule has 3 rings (SSSR count). The molecule has 3 heterocycles. The highest BCUT2D eigenvalue weighted by atomic mass is 32.1. The van der Waals surface area contributed by atoms with Crippen molar-refractivity contribution in [3.8, 4) is 5.82 Å². The fourth-order valence-electron chi connectivity index (χ4n) is 1.74. The van der Waals surface area contributed by atoms with Gasteiger partial charge in [0.25, 0.3) is 0 Å². The lowest BCUT2D eigenvalue weighted by Crippen LogP contribution is -1.96. The van der Waals surface area contributed by atoms with Crippen LogP contribution in [0.4, 0.5) is 0 Å². The van der Waals surface area contributed by atoms with Gasteiger partial charge in [-0.2, -0.15) is 0 Å². The number of hydrogen-bond acceptors (Lipinski definition) is 4. The van der Waals surface area contributed by atoms with Crippen molar-refractivity contribution in [3.05, 3.63) is 35.5 Å². The fraction of sp³-hybridized carbons (Fsp3) is 0.182. The summed E-state index contributed by atoms with van der Waals surface area (Å²) >= 11 is 1.71. The van der Waals surface area contributed by atoms with Gasteiger partial charge in [0, 0.05) is 17.3 Å². The first-order valence-corrected chi connectivity index (χ1v) is 5.78. The van der Waals surface area contributed by atoms with E-state index in [0.29, 0.717) is 0 Å². The monoisotopic (exact) mass is 230 g/mol. The smallest absolute Gasteiger partial charge is 0.150 e. The number of aryl methyl sites for hydroxylation is 2. The Labute approximate surface area is 96.6 Å². The van der Waals surface area contributed by atoms with Crippen LogP contribution in [0.15, 0.2) is 25.0 Å². The minimum Gasteiger partial charge on any atom is -0.290 e. The maximum Gasteiger partial charge on any atom is 0.150 e. The van der Waals surface area contributed by atoms with Crippen molar-refractivity contribution >= 4 is 21.6 Å². The van der Waals surface area contributed by atoms with E-state index in [1.165, 1.54) is 10.4 Å². The molecule has 0 aromatic carbocycles. The molecule has 0 unspecified atom stereocenters. The Hall–Kier alpha value is -1.75. The van der Waals surface area contributed by atoms with Gasteiger partial charge in [-0.1, -0.05) is 0 Å². The van der Waals surface area contributed by atoms with Gasteiger partial charge in [-0.15, -0.1) is 11.3 Å². The second kappa shape index (κ2) is 3.38. The first-order chi connectivity index (χ1) is 7.77. The molecule has 0 N–H and O–H groups in total. The van der Waals surface area contributed by atoms with Gasteiger partial charge in [0.1, 0.15) is 23.3 Å². The molecule has 0 aliphatic heterocycles. The second-order valence-electron chi connectivity index (χ2n) is 3.63. The first-order valence-electron chi connectivity index (χ1n) is 4.96. The highest BCUT2D eigenvalue weighted by Gasteiger charge is 2.12. The van der Waals surface area contributed by atoms with E-state index in [4.69, 9.17) is 0 Å². The number of rotatable bonds is 1. The molecule has 16 heavy (non-hydrogen) atoms. The number of nitrogens with zero attached hydrogens (tertiary/aromatic N) is 4. The molecule has 0 aliphatic carbocycles. The summed E-state index contributed by atoms with van der Waals surface area (Å²) < 4.78 is 1.92. The van der Waals surface area contributed by atoms with E-state index < -0.39 is 0 Å². The SMILES string of the molecule is Cc1sc2ncnc(-n3ccnc3)c2c1C. The summed E-state index contributed by atoms with van der Waals surface area (Å²) in [5, 5.41) is 1.13. The number of fused-ring (bicyclic) bond motifs is 1. The van der Waals surface area contributed by atoms with Gasteiger partial charge in [0.05, 0.1) is 5.39 Å². The molecule has 3 aromatic rings. The Morgan fingerprint density at radius 3 is 2.88 bits per heavy atom. The van der Waals surface area contributed by atoms with Crippen LogP contribution in [0.25, 0.3) is 16.0 Å². The molecule has 0 saturated carbocycles. The van der Waals surface area contributed by atoms with E-state index in [9.17, 15) is 0 Å². The minimum atomic E-state index is 0.907. The maximum atomic E-state index is 4.34. The first kappa shape index (κ1) is 9.47. The second-order valence-corrected chi connectivity index (χ2v) is 4.83. The van der Waals surface area contributed by atoms with Gasteiger partial charge < -0.3 is 0 Å². The number of hydrogen-bond donors (Lipinski definition) is 0. The van der Waals surface area contributed by atoms with Crippen molar-refractivity contribution < 1.29 is 0 Å². The van der Waals surface area contributed by atoms with Crippen LogP contribution < -0.4 is 0 Å². The third-order valence-corrected chi connectivity index (χ3v) is 3.81. The number of imidazole rings is 1. The Kier molecular flexibility index (Phi) is 2.00. The standard InChI is InChI=1S/C11H10N4S/c1-7-8(2)16-11-9(7)10(13-5-14-11)15-4-3-12-6-15/h3-6H,1-2H3. The Balaban J connectivity index is 2.41. The van der Waals surface area contributed by atoms with Gasteiger partial charge in [-0.25, -0.2) is 15.0 Å². The summed E-state index contributed by atoms with van der Waals surface area (Å²) in [6, 6.07) is 0. The quantitative estimate of drug-likeness (QED) is 0.645. The largest absolute Gasteiger partial charge is 0.290 e. The summed E-state index contributed by atoms with van der Waals surface area (Å²) in [4.78, 5) is 15.0. The maximum absolute atomic E-state index is 4.34. The van der Waals surface area contributed by atoms with Crippen LogP contribution in [-0.4, -0.2) is 19.5 Å². The zero-order valence-electron chi connectivity index (χ0n) is 9.01. The molecule has 80 valence electrons. The van der Waals surface area contributed by atoms with Crippen LogP contribution in [0.2, 0.25) is 0 Å². The molecule has 4 nitrogen and oxygen atoms in total. The fourth-order valence-corrected chi connectivity index (χ4v) is 2.74. The summed E-state index contributed by atoms with van der Waals surface area (Å²) in [5.74, 6) is 0.907. The third-order valence-electron chi connectivity index (χ3n) is 2.69. The van der Waals surface area contributed by atoms with Crippen LogP contribution in [-0.2, 0) is 0 Å². The molecule has 5 heteroatoms. The number of aromatic nitrogens is 4. The molecular weight excluding hydrogens is 220 g/mol. The van der Waals surface area contributed by atoms with Gasteiger partial charge in [-0.05, 0) is 19.4 Å². The molecule has 0 saturated heterocycles. The van der Waals surface area contributed by atoms with Crippen molar-refractivity contribution in [2.45, 2.75) is 13.8 Å². The van der Waals surface area contributed by atoms with E-state index in [-0.39, 0.29) is 0 Å². The van der Waals surface area contributed by atoms with Crippen LogP contribution in [0.1, 0.15) is 10.4 Å². The molecule has 0 amide bonds. The molecule has 0 radical (unpaired) electrons. The van der Waals surface area contributed by atoms with Crippen molar-refractivity contribution in [2.75, 3.05) is 0 Å². The van der Waals surface area contributed by atoms with Crippen LogP contribution >= 0.6 is 11.3 Å². The molecule has 0 fully saturated rings. The molecule has 0 bridgehead atoms. The van der Waals surface area contributed by atoms with Crippen molar-refractivity contribution in [3.63, 3.8) is 0 Å². The summed E-state index contributed by atoms with van der Waals surface area (Å²) in [5.41, 5.74) is 1.25. The molecule has 0 atom stereocenters. The van der Waals surface area contributed by atoms with E-state index in [1.54, 1.807) is 30.2 Å². The summed E-state index contributed by atoms with van der Waals surface area (Å²) in [7, 11) is 0. The number of thiophene rings is 1. The minimum absolute atomic E-state index is 0.907. The molecular formula is C11H10N4S. The highest BCUT2D eigenvalue weighted by molar-refractivity contribution is 7.18. The molecule has 0 aliphatic rings. The lowest BCUT2D eigenvalue weighted by molar-refractivity contribution is 0.993. The Morgan fingerprint density at radius 1 is 1.25 bits per heavy atom. The van der Waals surface area contributed by atoms with Crippen LogP contribution in [0.5, 0.6) is 0 Å². The van der Waals surface area contributed by atoms with Crippen molar-refractivity contribution in [1.82, 2.24) is 19.5 Å². The van der Waals surface area contributed by atoms with Gasteiger partial charge >= 0.3 is 0 Å². The van der Waals surface area contributed by atoms with Crippen LogP contribution in [0.3, 0.4) is 0 Å². The lowest BCUT2D eigenvalue weighted by atomic mass is 10.2. The van der Waals surface area contributed by atoms with Crippen LogP contribution in [0, 0.1) is 13.8 Å². The topological polar surface area (TPSA) is 43.6 Å². The third kappa shape index (κ3) is 1.25. The van der Waals surface area contributed by atoms with Crippen molar-refractivity contribution in [2.24, 2.45) is 0 Å². The summed E-state index contributed by atoms with van der Waals surface area (Å²) in [6.07, 6.45) is 7.01. The van der Waals surface area contributed by atoms with Gasteiger partial charge in [0.15, 0.2) is 0 Å².